The van der Waals surface area contributed by atoms with Gasteiger partial charge in [0.25, 0.3) is 5.91 Å². The maximum absolute atomic E-state index is 12.2. The molecule has 3 N–H and O–H groups in total. The Kier molecular flexibility index (Phi) is 7.29. The lowest BCUT2D eigenvalue weighted by Gasteiger charge is -2.10. The molecule has 0 unspecified atom stereocenters. The molecule has 0 spiro atoms. The van der Waals surface area contributed by atoms with E-state index in [4.69, 9.17) is 26.8 Å². The predicted octanol–water partition coefficient (Wildman–Crippen LogP) is 3.11. The molecular formula is C22H21ClN4O4. The Bertz CT molecular complexity index is 1110. The topological polar surface area (TPSA) is 108 Å². The van der Waals surface area contributed by atoms with Crippen molar-refractivity contribution in [2.24, 2.45) is 5.73 Å². The van der Waals surface area contributed by atoms with Crippen molar-refractivity contribution in [2.45, 2.75) is 6.54 Å². The van der Waals surface area contributed by atoms with E-state index in [9.17, 15) is 9.59 Å². The van der Waals surface area contributed by atoms with Crippen LogP contribution in [0.3, 0.4) is 0 Å². The zero-order valence-corrected chi connectivity index (χ0v) is 17.5. The molecule has 0 aliphatic heterocycles. The number of hydrogen-bond donors (Lipinski definition) is 2. The maximum atomic E-state index is 12.2. The Balaban J connectivity index is 1.61. The number of imidazole rings is 1. The standard InChI is InChI=1S/C22H21ClN4O4/c1-30-18-7-5-15(10-19(18)31-13-20(24)28)6-8-22(29)26-21-12-27(14-25-21)11-16-3-2-4-17(23)9-16/h2-10,12,14H,11,13H2,1H3,(H2,24,28)(H,26,29)/b8-6+. The van der Waals surface area contributed by atoms with Crippen LogP contribution in [0, 0.1) is 0 Å². The number of anilines is 1. The fraction of sp³-hybridized carbons (Fsp3) is 0.136. The molecule has 0 saturated carbocycles. The maximum Gasteiger partial charge on any atom is 0.255 e. The minimum atomic E-state index is -0.600. The van der Waals surface area contributed by atoms with Gasteiger partial charge < -0.3 is 25.1 Å². The van der Waals surface area contributed by atoms with Crippen molar-refractivity contribution in [2.75, 3.05) is 19.0 Å². The van der Waals surface area contributed by atoms with E-state index >= 15 is 0 Å². The van der Waals surface area contributed by atoms with E-state index in [1.54, 1.807) is 36.8 Å². The van der Waals surface area contributed by atoms with Crippen LogP contribution < -0.4 is 20.5 Å². The van der Waals surface area contributed by atoms with Gasteiger partial charge in [0.15, 0.2) is 23.9 Å². The van der Waals surface area contributed by atoms with Crippen LogP contribution in [0.5, 0.6) is 11.5 Å². The molecule has 160 valence electrons. The lowest BCUT2D eigenvalue weighted by Crippen LogP contribution is -2.20. The van der Waals surface area contributed by atoms with Gasteiger partial charge in [-0.2, -0.15) is 0 Å². The van der Waals surface area contributed by atoms with Gasteiger partial charge in [-0.3, -0.25) is 9.59 Å². The number of nitrogens with two attached hydrogens (primary N) is 1. The number of hydrogen-bond acceptors (Lipinski definition) is 5. The SMILES string of the molecule is COc1ccc(/C=C/C(=O)Nc2cn(Cc3cccc(Cl)c3)cn2)cc1OCC(N)=O. The van der Waals surface area contributed by atoms with Gasteiger partial charge in [0.2, 0.25) is 5.91 Å². The predicted molar refractivity (Wildman–Crippen MR) is 118 cm³/mol. The first-order chi connectivity index (χ1) is 14.9. The number of rotatable bonds is 9. The highest BCUT2D eigenvalue weighted by Gasteiger charge is 2.07. The molecule has 3 rings (SSSR count). The smallest absolute Gasteiger partial charge is 0.255 e. The Hall–Kier alpha value is -3.78. The molecule has 3 aromatic rings. The summed E-state index contributed by atoms with van der Waals surface area (Å²) in [6.07, 6.45) is 6.34. The van der Waals surface area contributed by atoms with Gasteiger partial charge in [0.1, 0.15) is 0 Å². The molecule has 1 aromatic heterocycles. The Morgan fingerprint density at radius 2 is 2.06 bits per heavy atom. The molecule has 31 heavy (non-hydrogen) atoms. The molecule has 0 fully saturated rings. The third-order valence-electron chi connectivity index (χ3n) is 4.12. The Morgan fingerprint density at radius 3 is 2.81 bits per heavy atom. The van der Waals surface area contributed by atoms with E-state index in [1.807, 2.05) is 28.8 Å². The first kappa shape index (κ1) is 21.9. The van der Waals surface area contributed by atoms with Crippen molar-refractivity contribution in [3.8, 4) is 11.5 Å². The zero-order valence-electron chi connectivity index (χ0n) is 16.7. The van der Waals surface area contributed by atoms with E-state index in [-0.39, 0.29) is 12.5 Å². The van der Waals surface area contributed by atoms with E-state index in [0.29, 0.717) is 34.4 Å². The number of halogens is 1. The number of amides is 2. The van der Waals surface area contributed by atoms with Crippen molar-refractivity contribution in [3.05, 3.63) is 77.2 Å². The van der Waals surface area contributed by atoms with E-state index in [1.165, 1.54) is 13.2 Å². The second-order valence-electron chi connectivity index (χ2n) is 6.55. The molecule has 0 bridgehead atoms. The van der Waals surface area contributed by atoms with Crippen LogP contribution in [-0.4, -0.2) is 35.1 Å². The highest BCUT2D eigenvalue weighted by Crippen LogP contribution is 2.28. The largest absolute Gasteiger partial charge is 0.493 e. The molecular weight excluding hydrogens is 420 g/mol. The number of nitrogens with one attached hydrogen (secondary N) is 1. The Morgan fingerprint density at radius 1 is 1.23 bits per heavy atom. The summed E-state index contributed by atoms with van der Waals surface area (Å²) in [5.74, 6) is 0.286. The average Bonchev–Trinajstić information content (AvgIpc) is 3.17. The molecule has 8 nitrogen and oxygen atoms in total. The summed E-state index contributed by atoms with van der Waals surface area (Å²) in [5, 5.41) is 3.37. The number of benzene rings is 2. The van der Waals surface area contributed by atoms with Gasteiger partial charge >= 0.3 is 0 Å². The van der Waals surface area contributed by atoms with Crippen molar-refractivity contribution in [1.82, 2.24) is 9.55 Å². The van der Waals surface area contributed by atoms with Crippen molar-refractivity contribution in [3.63, 3.8) is 0 Å². The fourth-order valence-electron chi connectivity index (χ4n) is 2.76. The number of ether oxygens (including phenoxy) is 2. The van der Waals surface area contributed by atoms with Gasteiger partial charge in [-0.15, -0.1) is 0 Å². The quantitative estimate of drug-likeness (QED) is 0.497. The van der Waals surface area contributed by atoms with Crippen LogP contribution in [0.15, 0.2) is 61.1 Å². The van der Waals surface area contributed by atoms with Crippen LogP contribution in [0.4, 0.5) is 5.82 Å². The lowest BCUT2D eigenvalue weighted by molar-refractivity contribution is -0.120. The molecule has 0 aliphatic rings. The van der Waals surface area contributed by atoms with Crippen LogP contribution in [-0.2, 0) is 16.1 Å². The summed E-state index contributed by atoms with van der Waals surface area (Å²) in [6, 6.07) is 12.6. The highest BCUT2D eigenvalue weighted by molar-refractivity contribution is 6.30. The second-order valence-corrected chi connectivity index (χ2v) is 6.99. The lowest BCUT2D eigenvalue weighted by atomic mass is 10.2. The van der Waals surface area contributed by atoms with Gasteiger partial charge in [-0.05, 0) is 41.5 Å². The summed E-state index contributed by atoms with van der Waals surface area (Å²) < 4.78 is 12.4. The van der Waals surface area contributed by atoms with Crippen molar-refractivity contribution >= 4 is 35.3 Å². The van der Waals surface area contributed by atoms with Crippen molar-refractivity contribution < 1.29 is 19.1 Å². The molecule has 2 aromatic carbocycles. The number of aromatic nitrogens is 2. The number of nitrogens with zero attached hydrogens (tertiary/aromatic N) is 2. The molecule has 0 atom stereocenters. The van der Waals surface area contributed by atoms with Gasteiger partial charge in [0, 0.05) is 23.8 Å². The van der Waals surface area contributed by atoms with Crippen molar-refractivity contribution in [1.29, 1.82) is 0 Å². The minimum Gasteiger partial charge on any atom is -0.493 e. The van der Waals surface area contributed by atoms with E-state index in [2.05, 4.69) is 10.3 Å². The van der Waals surface area contributed by atoms with Crippen LogP contribution in [0.25, 0.3) is 6.08 Å². The van der Waals surface area contributed by atoms with E-state index in [0.717, 1.165) is 5.56 Å². The average molecular weight is 441 g/mol. The molecule has 1 heterocycles. The van der Waals surface area contributed by atoms with Gasteiger partial charge in [-0.25, -0.2) is 4.98 Å². The Labute approximate surface area is 184 Å². The minimum absolute atomic E-state index is 0.276. The number of primary amides is 1. The van der Waals surface area contributed by atoms with Crippen LogP contribution in [0.1, 0.15) is 11.1 Å². The number of carbonyl (C=O) groups is 2. The normalized spacial score (nSPS) is 10.8. The summed E-state index contributed by atoms with van der Waals surface area (Å²) in [6.45, 7) is 0.307. The summed E-state index contributed by atoms with van der Waals surface area (Å²) >= 11 is 6.00. The highest BCUT2D eigenvalue weighted by atomic mass is 35.5. The summed E-state index contributed by atoms with van der Waals surface area (Å²) in [4.78, 5) is 27.4. The summed E-state index contributed by atoms with van der Waals surface area (Å²) in [7, 11) is 1.49. The molecule has 0 saturated heterocycles. The van der Waals surface area contributed by atoms with Crippen LogP contribution in [0.2, 0.25) is 5.02 Å². The van der Waals surface area contributed by atoms with Gasteiger partial charge in [0.05, 0.1) is 13.4 Å². The third-order valence-corrected chi connectivity index (χ3v) is 4.36. The van der Waals surface area contributed by atoms with E-state index < -0.39 is 5.91 Å². The van der Waals surface area contributed by atoms with Crippen LogP contribution >= 0.6 is 11.6 Å². The third kappa shape index (κ3) is 6.61. The summed E-state index contributed by atoms with van der Waals surface area (Å²) in [5.41, 5.74) is 6.81. The van der Waals surface area contributed by atoms with Gasteiger partial charge in [-0.1, -0.05) is 29.8 Å². The first-order valence-corrected chi connectivity index (χ1v) is 9.65. The molecule has 9 heteroatoms. The first-order valence-electron chi connectivity index (χ1n) is 9.27. The monoisotopic (exact) mass is 440 g/mol. The number of methoxy groups -OCH3 is 1. The molecule has 0 aliphatic carbocycles. The second kappa shape index (κ2) is 10.3. The number of carbonyl (C=O) groups excluding carboxylic acids is 2. The molecule has 0 radical (unpaired) electrons. The fourth-order valence-corrected chi connectivity index (χ4v) is 2.97. The zero-order chi connectivity index (χ0) is 22.2. The molecule has 2 amide bonds.